The molecule has 8 heavy (non-hydrogen) atoms. The molecule has 0 unspecified atom stereocenters. The van der Waals surface area contributed by atoms with E-state index < -0.39 is 0 Å². The molecule has 1 saturated carbocycles. The lowest BCUT2D eigenvalue weighted by Crippen LogP contribution is -1.74. The molecule has 0 atom stereocenters. The van der Waals surface area contributed by atoms with Crippen molar-refractivity contribution in [3.05, 3.63) is 22.3 Å². The average Bonchev–Trinajstić information content (AvgIpc) is 2.45. The Bertz CT molecular complexity index is 141. The molecule has 0 aliphatic heterocycles. The second kappa shape index (κ2) is 2.35. The van der Waals surface area contributed by atoms with Crippen molar-refractivity contribution in [2.75, 3.05) is 0 Å². The van der Waals surface area contributed by atoms with Gasteiger partial charge in [0.1, 0.15) is 0 Å². The molecule has 0 radical (unpaired) electrons. The van der Waals surface area contributed by atoms with Gasteiger partial charge in [-0.05, 0) is 25.1 Å². The maximum absolute atomic E-state index is 5.15. The molecule has 0 spiro atoms. The molecular formula is C6H8BrN. The van der Waals surface area contributed by atoms with E-state index in [1.54, 1.807) is 6.20 Å². The molecule has 1 rings (SSSR count). The van der Waals surface area contributed by atoms with Gasteiger partial charge in [0.15, 0.2) is 0 Å². The van der Waals surface area contributed by atoms with Gasteiger partial charge < -0.3 is 5.73 Å². The first kappa shape index (κ1) is 5.89. The maximum atomic E-state index is 5.15. The largest absolute Gasteiger partial charge is 0.405 e. The van der Waals surface area contributed by atoms with Crippen LogP contribution in [0.5, 0.6) is 0 Å². The molecule has 44 valence electrons. The molecule has 0 aromatic heterocycles. The zero-order valence-corrected chi connectivity index (χ0v) is 6.11. The highest BCUT2D eigenvalue weighted by Gasteiger charge is 2.13. The Morgan fingerprint density at radius 1 is 1.62 bits per heavy atom. The number of halogens is 1. The maximum Gasteiger partial charge on any atom is 0.0181 e. The number of hydrogen-bond donors (Lipinski definition) is 1. The van der Waals surface area contributed by atoms with Gasteiger partial charge in [-0.25, -0.2) is 0 Å². The number of rotatable bonds is 1. The van der Waals surface area contributed by atoms with E-state index >= 15 is 0 Å². The van der Waals surface area contributed by atoms with E-state index in [1.807, 2.05) is 6.08 Å². The van der Waals surface area contributed by atoms with Crippen LogP contribution >= 0.6 is 15.9 Å². The molecule has 0 aromatic carbocycles. The molecule has 0 amide bonds. The van der Waals surface area contributed by atoms with Crippen molar-refractivity contribution in [3.63, 3.8) is 0 Å². The normalized spacial score (nSPS) is 17.4. The van der Waals surface area contributed by atoms with Crippen molar-refractivity contribution in [1.82, 2.24) is 0 Å². The van der Waals surface area contributed by atoms with Gasteiger partial charge in [-0.1, -0.05) is 21.5 Å². The van der Waals surface area contributed by atoms with Gasteiger partial charge in [-0.3, -0.25) is 0 Å². The van der Waals surface area contributed by atoms with Gasteiger partial charge in [-0.15, -0.1) is 0 Å². The van der Waals surface area contributed by atoms with Crippen molar-refractivity contribution in [2.24, 2.45) is 5.73 Å². The fraction of sp³-hybridized carbons (Fsp3) is 0.333. The standard InChI is InChI=1S/C6H8BrN/c7-6(3-4-8)5-1-2-5/h3-4H,1-2,8H2/b4-3-. The Kier molecular flexibility index (Phi) is 1.73. The summed E-state index contributed by atoms with van der Waals surface area (Å²) < 4.78 is 1.17. The number of hydrogen-bond acceptors (Lipinski definition) is 1. The summed E-state index contributed by atoms with van der Waals surface area (Å²) in [5, 5.41) is 0. The molecular weight excluding hydrogens is 166 g/mol. The third-order valence-electron chi connectivity index (χ3n) is 1.08. The minimum absolute atomic E-state index is 1.17. The predicted molar refractivity (Wildman–Crippen MR) is 38.5 cm³/mol. The van der Waals surface area contributed by atoms with E-state index in [0.717, 1.165) is 0 Å². The Morgan fingerprint density at radius 2 is 2.25 bits per heavy atom. The minimum Gasteiger partial charge on any atom is -0.405 e. The van der Waals surface area contributed by atoms with E-state index in [2.05, 4.69) is 15.9 Å². The average molecular weight is 174 g/mol. The summed E-state index contributed by atoms with van der Waals surface area (Å²) in [5.41, 5.74) is 6.63. The second-order valence-corrected chi connectivity index (χ2v) is 2.66. The quantitative estimate of drug-likeness (QED) is 0.645. The van der Waals surface area contributed by atoms with Crippen LogP contribution in [0, 0.1) is 0 Å². The highest BCUT2D eigenvalue weighted by atomic mass is 79.9. The molecule has 0 aromatic rings. The van der Waals surface area contributed by atoms with Crippen LogP contribution in [0.3, 0.4) is 0 Å². The van der Waals surface area contributed by atoms with Crippen molar-refractivity contribution in [3.8, 4) is 0 Å². The van der Waals surface area contributed by atoms with Crippen molar-refractivity contribution < 1.29 is 0 Å². The first-order valence-corrected chi connectivity index (χ1v) is 3.39. The highest BCUT2D eigenvalue weighted by molar-refractivity contribution is 9.11. The van der Waals surface area contributed by atoms with Gasteiger partial charge in [0.2, 0.25) is 0 Å². The molecule has 1 fully saturated rings. The summed E-state index contributed by atoms with van der Waals surface area (Å²) >= 11 is 3.38. The SMILES string of the molecule is N/C=C\C(Br)=C1CC1. The monoisotopic (exact) mass is 173 g/mol. The first-order chi connectivity index (χ1) is 3.84. The lowest BCUT2D eigenvalue weighted by atomic mass is 10.5. The fourth-order valence-corrected chi connectivity index (χ4v) is 1.05. The summed E-state index contributed by atoms with van der Waals surface area (Å²) in [5.74, 6) is 0. The lowest BCUT2D eigenvalue weighted by Gasteiger charge is -1.80. The van der Waals surface area contributed by atoms with Crippen LogP contribution in [0.25, 0.3) is 0 Å². The minimum atomic E-state index is 1.17. The third kappa shape index (κ3) is 1.37. The van der Waals surface area contributed by atoms with E-state index in [4.69, 9.17) is 5.73 Å². The van der Waals surface area contributed by atoms with Gasteiger partial charge in [0, 0.05) is 4.48 Å². The molecule has 1 aliphatic carbocycles. The molecule has 0 heterocycles. The molecule has 0 saturated heterocycles. The zero-order chi connectivity index (χ0) is 5.98. The molecule has 2 heteroatoms. The van der Waals surface area contributed by atoms with Crippen LogP contribution < -0.4 is 5.73 Å². The highest BCUT2D eigenvalue weighted by Crippen LogP contribution is 2.34. The van der Waals surface area contributed by atoms with Gasteiger partial charge in [0.05, 0.1) is 0 Å². The van der Waals surface area contributed by atoms with Crippen molar-refractivity contribution in [2.45, 2.75) is 12.8 Å². The van der Waals surface area contributed by atoms with Gasteiger partial charge >= 0.3 is 0 Å². The predicted octanol–water partition coefficient (Wildman–Crippen LogP) is 1.90. The summed E-state index contributed by atoms with van der Waals surface area (Å²) in [6.45, 7) is 0. The fourth-order valence-electron chi connectivity index (χ4n) is 0.504. The van der Waals surface area contributed by atoms with Crippen LogP contribution in [-0.2, 0) is 0 Å². The zero-order valence-electron chi connectivity index (χ0n) is 4.52. The topological polar surface area (TPSA) is 26.0 Å². The van der Waals surface area contributed by atoms with Crippen LogP contribution in [-0.4, -0.2) is 0 Å². The van der Waals surface area contributed by atoms with Crippen molar-refractivity contribution in [1.29, 1.82) is 0 Å². The van der Waals surface area contributed by atoms with Gasteiger partial charge in [0.25, 0.3) is 0 Å². The number of nitrogens with two attached hydrogens (primary N) is 1. The van der Waals surface area contributed by atoms with Gasteiger partial charge in [-0.2, -0.15) is 0 Å². The van der Waals surface area contributed by atoms with E-state index in [9.17, 15) is 0 Å². The molecule has 0 bridgehead atoms. The molecule has 1 aliphatic rings. The Labute approximate surface area is 57.4 Å². The second-order valence-electron chi connectivity index (χ2n) is 1.81. The first-order valence-electron chi connectivity index (χ1n) is 2.60. The third-order valence-corrected chi connectivity index (χ3v) is 1.91. The smallest absolute Gasteiger partial charge is 0.0181 e. The van der Waals surface area contributed by atoms with Crippen LogP contribution in [0.1, 0.15) is 12.8 Å². The Morgan fingerprint density at radius 3 is 2.62 bits per heavy atom. The van der Waals surface area contributed by atoms with Crippen LogP contribution in [0.2, 0.25) is 0 Å². The Hall–Kier alpha value is -0.240. The summed E-state index contributed by atoms with van der Waals surface area (Å²) in [4.78, 5) is 0. The van der Waals surface area contributed by atoms with Crippen molar-refractivity contribution >= 4 is 15.9 Å². The summed E-state index contributed by atoms with van der Waals surface area (Å²) in [6.07, 6.45) is 5.91. The van der Waals surface area contributed by atoms with E-state index in [-0.39, 0.29) is 0 Å². The molecule has 2 N–H and O–H groups in total. The molecule has 1 nitrogen and oxygen atoms in total. The Balaban J connectivity index is 2.57. The number of allylic oxidation sites excluding steroid dienone is 3. The summed E-state index contributed by atoms with van der Waals surface area (Å²) in [7, 11) is 0. The van der Waals surface area contributed by atoms with Crippen LogP contribution in [0.15, 0.2) is 22.3 Å². The van der Waals surface area contributed by atoms with E-state index in [0.29, 0.717) is 0 Å². The van der Waals surface area contributed by atoms with E-state index in [1.165, 1.54) is 22.9 Å². The lowest BCUT2D eigenvalue weighted by molar-refractivity contribution is 1.50. The summed E-state index contributed by atoms with van der Waals surface area (Å²) in [6, 6.07) is 0. The van der Waals surface area contributed by atoms with Crippen LogP contribution in [0.4, 0.5) is 0 Å².